The Labute approximate surface area is 122 Å². The van der Waals surface area contributed by atoms with Crippen LogP contribution in [0, 0.1) is 0 Å². The Morgan fingerprint density at radius 2 is 2.38 bits per heavy atom. The first-order chi connectivity index (χ1) is 10.2. The molecule has 0 bridgehead atoms. The normalized spacial score (nSPS) is 29.8. The fourth-order valence-electron chi connectivity index (χ4n) is 2.81. The molecular formula is C13H20N4O4. The van der Waals surface area contributed by atoms with Gasteiger partial charge < -0.3 is 24.6 Å². The van der Waals surface area contributed by atoms with Crippen molar-refractivity contribution in [1.29, 1.82) is 0 Å². The molecule has 3 heterocycles. The fraction of sp³-hybridized carbons (Fsp3) is 0.769. The van der Waals surface area contributed by atoms with Crippen LogP contribution in [0.5, 0.6) is 0 Å². The summed E-state index contributed by atoms with van der Waals surface area (Å²) in [5.74, 6) is 0.261. The molecule has 3 unspecified atom stereocenters. The summed E-state index contributed by atoms with van der Waals surface area (Å²) in [5.41, 5.74) is 0. The van der Waals surface area contributed by atoms with Crippen LogP contribution in [-0.2, 0) is 4.74 Å². The van der Waals surface area contributed by atoms with Crippen molar-refractivity contribution in [3.05, 3.63) is 11.7 Å². The molecule has 1 aromatic rings. The van der Waals surface area contributed by atoms with E-state index in [2.05, 4.69) is 15.5 Å². The monoisotopic (exact) mass is 296 g/mol. The minimum absolute atomic E-state index is 0.0489. The molecule has 2 N–H and O–H groups in total. The number of amides is 1. The van der Waals surface area contributed by atoms with E-state index in [4.69, 9.17) is 9.26 Å². The highest BCUT2D eigenvalue weighted by atomic mass is 16.5. The van der Waals surface area contributed by atoms with E-state index in [1.54, 1.807) is 4.90 Å². The molecule has 1 aromatic heterocycles. The first kappa shape index (κ1) is 14.4. The molecule has 0 radical (unpaired) electrons. The lowest BCUT2D eigenvalue weighted by atomic mass is 10.2. The number of rotatable bonds is 3. The van der Waals surface area contributed by atoms with Crippen LogP contribution in [0.25, 0.3) is 0 Å². The molecule has 8 heteroatoms. The lowest BCUT2D eigenvalue weighted by Gasteiger charge is -2.35. The maximum atomic E-state index is 12.4. The first-order valence-electron chi connectivity index (χ1n) is 7.30. The standard InChI is InChI=1S/C13H20N4O4/c1-8-5-17(6-9(7-18)20-8)13(19)11-15-12(21-16-11)10-3-2-4-14-10/h8-10,14,18H,2-7H2,1H3. The number of aliphatic hydroxyl groups excluding tert-OH is 1. The van der Waals surface area contributed by atoms with Gasteiger partial charge in [-0.2, -0.15) is 4.98 Å². The summed E-state index contributed by atoms with van der Waals surface area (Å²) in [6.07, 6.45) is 1.52. The number of hydrogen-bond donors (Lipinski definition) is 2. The van der Waals surface area contributed by atoms with Gasteiger partial charge in [-0.1, -0.05) is 5.16 Å². The van der Waals surface area contributed by atoms with Gasteiger partial charge in [-0.15, -0.1) is 0 Å². The second kappa shape index (κ2) is 6.08. The number of nitrogens with one attached hydrogen (secondary N) is 1. The predicted molar refractivity (Wildman–Crippen MR) is 71.6 cm³/mol. The highest BCUT2D eigenvalue weighted by molar-refractivity contribution is 5.90. The molecule has 0 saturated carbocycles. The van der Waals surface area contributed by atoms with Crippen molar-refractivity contribution >= 4 is 5.91 Å². The Morgan fingerprint density at radius 1 is 1.52 bits per heavy atom. The third kappa shape index (κ3) is 3.07. The molecule has 3 atom stereocenters. The maximum Gasteiger partial charge on any atom is 0.295 e. The predicted octanol–water partition coefficient (Wildman–Crippen LogP) is -0.284. The lowest BCUT2D eigenvalue weighted by Crippen LogP contribution is -2.50. The van der Waals surface area contributed by atoms with E-state index in [1.165, 1.54) is 0 Å². The van der Waals surface area contributed by atoms with Crippen LogP contribution < -0.4 is 5.32 Å². The topological polar surface area (TPSA) is 101 Å². The molecule has 116 valence electrons. The first-order valence-corrected chi connectivity index (χ1v) is 7.30. The second-order valence-electron chi connectivity index (χ2n) is 5.57. The molecule has 2 aliphatic heterocycles. The van der Waals surface area contributed by atoms with Gasteiger partial charge in [0.2, 0.25) is 5.89 Å². The summed E-state index contributed by atoms with van der Waals surface area (Å²) in [6, 6.07) is 0.0489. The minimum atomic E-state index is -0.361. The third-order valence-corrected chi connectivity index (χ3v) is 3.81. The summed E-state index contributed by atoms with van der Waals surface area (Å²) in [6.45, 7) is 3.48. The number of carbonyl (C=O) groups excluding carboxylic acids is 1. The van der Waals surface area contributed by atoms with Gasteiger partial charge in [0.1, 0.15) is 0 Å². The van der Waals surface area contributed by atoms with Crippen molar-refractivity contribution in [3.63, 3.8) is 0 Å². The van der Waals surface area contributed by atoms with Crippen LogP contribution in [0.4, 0.5) is 0 Å². The molecule has 1 amide bonds. The van der Waals surface area contributed by atoms with Crippen LogP contribution in [0.15, 0.2) is 4.52 Å². The van der Waals surface area contributed by atoms with Gasteiger partial charge in [0.25, 0.3) is 11.7 Å². The highest BCUT2D eigenvalue weighted by Crippen LogP contribution is 2.21. The largest absolute Gasteiger partial charge is 0.394 e. The van der Waals surface area contributed by atoms with Gasteiger partial charge in [-0.3, -0.25) is 4.79 Å². The van der Waals surface area contributed by atoms with Crippen molar-refractivity contribution in [1.82, 2.24) is 20.4 Å². The second-order valence-corrected chi connectivity index (χ2v) is 5.57. The van der Waals surface area contributed by atoms with E-state index in [0.717, 1.165) is 19.4 Å². The zero-order chi connectivity index (χ0) is 14.8. The molecule has 2 saturated heterocycles. The highest BCUT2D eigenvalue weighted by Gasteiger charge is 2.32. The van der Waals surface area contributed by atoms with Crippen molar-refractivity contribution in [2.45, 2.75) is 38.0 Å². The summed E-state index contributed by atoms with van der Waals surface area (Å²) < 4.78 is 10.7. The summed E-state index contributed by atoms with van der Waals surface area (Å²) in [4.78, 5) is 18.2. The van der Waals surface area contributed by atoms with Crippen LogP contribution in [0.3, 0.4) is 0 Å². The average Bonchev–Trinajstić information content (AvgIpc) is 3.16. The van der Waals surface area contributed by atoms with Crippen LogP contribution in [-0.4, -0.2) is 64.5 Å². The van der Waals surface area contributed by atoms with E-state index < -0.39 is 0 Å². The van der Waals surface area contributed by atoms with Crippen LogP contribution >= 0.6 is 0 Å². The smallest absolute Gasteiger partial charge is 0.295 e. The van der Waals surface area contributed by atoms with E-state index >= 15 is 0 Å². The number of aromatic nitrogens is 2. The number of aliphatic hydroxyl groups is 1. The average molecular weight is 296 g/mol. The Balaban J connectivity index is 1.69. The Kier molecular flexibility index (Phi) is 4.18. The summed E-state index contributed by atoms with van der Waals surface area (Å²) >= 11 is 0. The summed E-state index contributed by atoms with van der Waals surface area (Å²) in [5, 5.41) is 16.3. The van der Waals surface area contributed by atoms with E-state index in [0.29, 0.717) is 19.0 Å². The van der Waals surface area contributed by atoms with Crippen LogP contribution in [0.1, 0.15) is 42.3 Å². The lowest BCUT2D eigenvalue weighted by molar-refractivity contribution is -0.0860. The zero-order valence-corrected chi connectivity index (χ0v) is 12.0. The van der Waals surface area contributed by atoms with E-state index in [-0.39, 0.29) is 36.6 Å². The van der Waals surface area contributed by atoms with Crippen molar-refractivity contribution in [2.75, 3.05) is 26.2 Å². The molecule has 2 aliphatic rings. The van der Waals surface area contributed by atoms with Crippen molar-refractivity contribution < 1.29 is 19.2 Å². The molecule has 2 fully saturated rings. The van der Waals surface area contributed by atoms with Crippen molar-refractivity contribution in [3.8, 4) is 0 Å². The molecule has 0 aliphatic carbocycles. The quantitative estimate of drug-likeness (QED) is 0.790. The Morgan fingerprint density at radius 3 is 3.10 bits per heavy atom. The molecule has 8 nitrogen and oxygen atoms in total. The van der Waals surface area contributed by atoms with Crippen molar-refractivity contribution in [2.24, 2.45) is 0 Å². The number of carbonyl (C=O) groups is 1. The molecule has 0 spiro atoms. The SMILES string of the molecule is CC1CN(C(=O)c2noc(C3CCCN3)n2)CC(CO)O1. The van der Waals surface area contributed by atoms with E-state index in [9.17, 15) is 9.90 Å². The van der Waals surface area contributed by atoms with Gasteiger partial charge in [0.05, 0.1) is 24.9 Å². The fourth-order valence-corrected chi connectivity index (χ4v) is 2.81. The van der Waals surface area contributed by atoms with Gasteiger partial charge in [0, 0.05) is 13.1 Å². The number of morpholine rings is 1. The molecule has 21 heavy (non-hydrogen) atoms. The Bertz CT molecular complexity index is 500. The zero-order valence-electron chi connectivity index (χ0n) is 12.0. The Hall–Kier alpha value is -1.51. The van der Waals surface area contributed by atoms with Gasteiger partial charge in [-0.25, -0.2) is 0 Å². The maximum absolute atomic E-state index is 12.4. The number of ether oxygens (including phenoxy) is 1. The third-order valence-electron chi connectivity index (χ3n) is 3.81. The van der Waals surface area contributed by atoms with Gasteiger partial charge in [0.15, 0.2) is 0 Å². The molecular weight excluding hydrogens is 276 g/mol. The number of hydrogen-bond acceptors (Lipinski definition) is 7. The van der Waals surface area contributed by atoms with Gasteiger partial charge >= 0.3 is 0 Å². The van der Waals surface area contributed by atoms with E-state index in [1.807, 2.05) is 6.92 Å². The molecule has 3 rings (SSSR count). The van der Waals surface area contributed by atoms with Gasteiger partial charge in [-0.05, 0) is 26.3 Å². The number of nitrogens with zero attached hydrogens (tertiary/aromatic N) is 3. The molecule has 0 aromatic carbocycles. The summed E-state index contributed by atoms with van der Waals surface area (Å²) in [7, 11) is 0. The minimum Gasteiger partial charge on any atom is -0.394 e. The van der Waals surface area contributed by atoms with Crippen LogP contribution in [0.2, 0.25) is 0 Å².